The van der Waals surface area contributed by atoms with Gasteiger partial charge in [0.2, 0.25) is 5.91 Å². The molecule has 0 saturated carbocycles. The van der Waals surface area contributed by atoms with Crippen LogP contribution < -0.4 is 10.9 Å². The molecular weight excluding hydrogens is 458 g/mol. The van der Waals surface area contributed by atoms with E-state index < -0.39 is 21.3 Å². The maximum Gasteiger partial charge on any atom is 0.262 e. The Balaban J connectivity index is 1.51. The summed E-state index contributed by atoms with van der Waals surface area (Å²) in [5.41, 5.74) is 0.662. The third kappa shape index (κ3) is 5.30. The van der Waals surface area contributed by atoms with E-state index in [2.05, 4.69) is 20.3 Å². The lowest BCUT2D eigenvalue weighted by Crippen LogP contribution is -2.37. The quantitative estimate of drug-likeness (QED) is 0.512. The van der Waals surface area contributed by atoms with Crippen LogP contribution in [-0.4, -0.2) is 65.2 Å². The largest absolute Gasteiger partial charge is 0.351 e. The van der Waals surface area contributed by atoms with Gasteiger partial charge in [-0.3, -0.25) is 19.4 Å². The molecule has 2 N–H and O–H groups in total. The molecule has 34 heavy (non-hydrogen) atoms. The number of carbonyl (C=O) groups is 2. The molecule has 0 radical (unpaired) electrons. The first-order valence-corrected chi connectivity index (χ1v) is 12.9. The average Bonchev–Trinajstić information content (AvgIpc) is 3.24. The number of aromatic nitrogens is 3. The van der Waals surface area contributed by atoms with Crippen LogP contribution in [0, 0.1) is 5.92 Å². The molecule has 1 aliphatic rings. The topological polar surface area (TPSA) is 142 Å². The molecule has 11 heteroatoms. The summed E-state index contributed by atoms with van der Waals surface area (Å²) in [7, 11) is -3.27. The van der Waals surface area contributed by atoms with Gasteiger partial charge in [-0.15, -0.1) is 0 Å². The van der Waals surface area contributed by atoms with E-state index in [1.54, 1.807) is 41.7 Å². The van der Waals surface area contributed by atoms with Crippen molar-refractivity contribution in [2.45, 2.75) is 18.9 Å². The molecule has 2 atom stereocenters. The zero-order chi connectivity index (χ0) is 24.3. The highest BCUT2D eigenvalue weighted by Crippen LogP contribution is 2.37. The van der Waals surface area contributed by atoms with Gasteiger partial charge in [-0.25, -0.2) is 13.4 Å². The number of sulfone groups is 1. The number of fused-ring (bicyclic) bond motifs is 1. The molecule has 10 nitrogen and oxygen atoms in total. The van der Waals surface area contributed by atoms with Crippen LogP contribution in [0.2, 0.25) is 0 Å². The Kier molecular flexibility index (Phi) is 6.73. The second-order valence-electron chi connectivity index (χ2n) is 8.41. The van der Waals surface area contributed by atoms with Crippen LogP contribution in [0.5, 0.6) is 0 Å². The molecule has 4 rings (SSSR count). The number of carbonyl (C=O) groups excluding carboxylic acids is 2. The zero-order valence-corrected chi connectivity index (χ0v) is 19.4. The molecule has 1 fully saturated rings. The molecule has 178 valence electrons. The van der Waals surface area contributed by atoms with Gasteiger partial charge in [0.25, 0.3) is 11.5 Å². The maximum absolute atomic E-state index is 12.9. The van der Waals surface area contributed by atoms with Crippen LogP contribution in [0.3, 0.4) is 0 Å². The van der Waals surface area contributed by atoms with Gasteiger partial charge in [0, 0.05) is 55.7 Å². The van der Waals surface area contributed by atoms with Crippen molar-refractivity contribution in [2.24, 2.45) is 5.92 Å². The summed E-state index contributed by atoms with van der Waals surface area (Å²) in [5, 5.41) is 3.47. The Morgan fingerprint density at radius 1 is 1.24 bits per heavy atom. The van der Waals surface area contributed by atoms with Crippen molar-refractivity contribution < 1.29 is 18.0 Å². The maximum atomic E-state index is 12.9. The molecule has 0 spiro atoms. The molecular formula is C23H25N5O5S. The van der Waals surface area contributed by atoms with Gasteiger partial charge < -0.3 is 15.2 Å². The smallest absolute Gasteiger partial charge is 0.262 e. The van der Waals surface area contributed by atoms with Crippen LogP contribution in [0.1, 0.15) is 34.8 Å². The SMILES string of the molecule is CS(=O)(=O)CCC(=O)N1CCC(CNC(=O)c2cc3cccnc3[nH]c2=O)C1c1cccnc1. The number of likely N-dealkylation sites (tertiary alicyclic amines) is 1. The lowest BCUT2D eigenvalue weighted by atomic mass is 9.94. The van der Waals surface area contributed by atoms with Crippen molar-refractivity contribution in [3.8, 4) is 0 Å². The molecule has 1 aliphatic heterocycles. The Morgan fingerprint density at radius 3 is 2.76 bits per heavy atom. The number of H-pyrrole nitrogens is 1. The number of nitrogens with zero attached hydrogens (tertiary/aromatic N) is 3. The van der Waals surface area contributed by atoms with E-state index in [-0.39, 0.29) is 42.1 Å². The molecule has 3 aromatic heterocycles. The minimum absolute atomic E-state index is 0.0162. The average molecular weight is 484 g/mol. The van der Waals surface area contributed by atoms with Crippen LogP contribution in [0.15, 0.2) is 53.7 Å². The second-order valence-corrected chi connectivity index (χ2v) is 10.7. The first-order chi connectivity index (χ1) is 16.2. The highest BCUT2D eigenvalue weighted by Gasteiger charge is 2.38. The van der Waals surface area contributed by atoms with Crippen LogP contribution in [0.4, 0.5) is 0 Å². The van der Waals surface area contributed by atoms with Crippen molar-refractivity contribution in [3.05, 3.63) is 70.4 Å². The second kappa shape index (κ2) is 9.72. The van der Waals surface area contributed by atoms with Crippen LogP contribution in [-0.2, 0) is 14.6 Å². The lowest BCUT2D eigenvalue weighted by Gasteiger charge is -2.29. The molecule has 2 unspecified atom stereocenters. The van der Waals surface area contributed by atoms with Crippen LogP contribution >= 0.6 is 0 Å². The van der Waals surface area contributed by atoms with E-state index in [9.17, 15) is 22.8 Å². The monoisotopic (exact) mass is 483 g/mol. The van der Waals surface area contributed by atoms with Gasteiger partial charge in [0.05, 0.1) is 11.8 Å². The van der Waals surface area contributed by atoms with E-state index in [0.717, 1.165) is 11.8 Å². The highest BCUT2D eigenvalue weighted by atomic mass is 32.2. The Bertz CT molecular complexity index is 1370. The molecule has 4 heterocycles. The van der Waals surface area contributed by atoms with E-state index in [4.69, 9.17) is 0 Å². The third-order valence-electron chi connectivity index (χ3n) is 5.94. The predicted octanol–water partition coefficient (Wildman–Crippen LogP) is 1.07. The minimum Gasteiger partial charge on any atom is -0.351 e. The first kappa shape index (κ1) is 23.6. The molecule has 0 aliphatic carbocycles. The van der Waals surface area contributed by atoms with Crippen molar-refractivity contribution in [2.75, 3.05) is 25.1 Å². The number of aromatic amines is 1. The predicted molar refractivity (Wildman–Crippen MR) is 126 cm³/mol. The highest BCUT2D eigenvalue weighted by molar-refractivity contribution is 7.90. The number of amides is 2. The Morgan fingerprint density at radius 2 is 2.03 bits per heavy atom. The van der Waals surface area contributed by atoms with Gasteiger partial charge in [0.1, 0.15) is 21.0 Å². The molecule has 0 bridgehead atoms. The number of pyridine rings is 3. The summed E-state index contributed by atoms with van der Waals surface area (Å²) in [6.07, 6.45) is 6.47. The summed E-state index contributed by atoms with van der Waals surface area (Å²) < 4.78 is 23.1. The molecule has 2 amide bonds. The van der Waals surface area contributed by atoms with Gasteiger partial charge >= 0.3 is 0 Å². The Labute approximate surface area is 196 Å². The summed E-state index contributed by atoms with van der Waals surface area (Å²) in [6.45, 7) is 0.670. The number of hydrogen-bond donors (Lipinski definition) is 2. The fraction of sp³-hybridized carbons (Fsp3) is 0.348. The normalized spacial score (nSPS) is 18.2. The van der Waals surface area contributed by atoms with Crippen molar-refractivity contribution in [1.29, 1.82) is 0 Å². The van der Waals surface area contributed by atoms with Gasteiger partial charge in [-0.1, -0.05) is 6.07 Å². The molecule has 0 aromatic carbocycles. The van der Waals surface area contributed by atoms with E-state index in [0.29, 0.717) is 24.0 Å². The van der Waals surface area contributed by atoms with Crippen molar-refractivity contribution in [3.63, 3.8) is 0 Å². The summed E-state index contributed by atoms with van der Waals surface area (Å²) in [4.78, 5) is 50.6. The third-order valence-corrected chi connectivity index (χ3v) is 6.89. The fourth-order valence-corrected chi connectivity index (χ4v) is 4.84. The number of hydrogen-bond acceptors (Lipinski definition) is 7. The summed E-state index contributed by atoms with van der Waals surface area (Å²) >= 11 is 0. The first-order valence-electron chi connectivity index (χ1n) is 10.9. The minimum atomic E-state index is -3.27. The van der Waals surface area contributed by atoms with Crippen molar-refractivity contribution >= 4 is 32.7 Å². The Hall–Kier alpha value is -3.60. The molecule has 1 saturated heterocycles. The zero-order valence-electron chi connectivity index (χ0n) is 18.6. The fourth-order valence-electron chi connectivity index (χ4n) is 4.29. The summed E-state index contributed by atoms with van der Waals surface area (Å²) in [5.74, 6) is -1.12. The van der Waals surface area contributed by atoms with E-state index >= 15 is 0 Å². The van der Waals surface area contributed by atoms with Gasteiger partial charge in [-0.05, 0) is 36.2 Å². The number of rotatable bonds is 7. The molecule has 3 aromatic rings. The number of nitrogens with one attached hydrogen (secondary N) is 2. The summed E-state index contributed by atoms with van der Waals surface area (Å²) in [6, 6.07) is 8.24. The standard InChI is InChI=1S/C23H25N5O5S/c1-34(32,33)11-7-19(29)28-10-6-17(20(28)16-5-2-8-24-13-16)14-26-22(30)18-12-15-4-3-9-25-21(15)27-23(18)31/h2-5,8-9,12-13,17,20H,6-7,10-11,14H2,1H3,(H,26,30)(H,25,27,31). The lowest BCUT2D eigenvalue weighted by molar-refractivity contribution is -0.132. The van der Waals surface area contributed by atoms with Crippen LogP contribution in [0.25, 0.3) is 11.0 Å². The van der Waals surface area contributed by atoms with Crippen molar-refractivity contribution in [1.82, 2.24) is 25.2 Å². The van der Waals surface area contributed by atoms with E-state index in [1.807, 2.05) is 6.07 Å². The van der Waals surface area contributed by atoms with Gasteiger partial charge in [0.15, 0.2) is 0 Å². The van der Waals surface area contributed by atoms with E-state index in [1.165, 1.54) is 6.07 Å². The van der Waals surface area contributed by atoms with Gasteiger partial charge in [-0.2, -0.15) is 0 Å².